The van der Waals surface area contributed by atoms with Crippen LogP contribution in [0.15, 0.2) is 41.8 Å². The molecule has 2 rings (SSSR count). The fourth-order valence-corrected chi connectivity index (χ4v) is 2.87. The van der Waals surface area contributed by atoms with E-state index in [9.17, 15) is 9.59 Å². The molecule has 1 aromatic carbocycles. The molecule has 4 nitrogen and oxygen atoms in total. The summed E-state index contributed by atoms with van der Waals surface area (Å²) < 4.78 is 0. The normalized spacial score (nSPS) is 11.9. The van der Waals surface area contributed by atoms with Gasteiger partial charge < -0.3 is 10.4 Å². The number of carbonyl (C=O) groups is 2. The van der Waals surface area contributed by atoms with Crippen LogP contribution in [0.25, 0.3) is 0 Å². The molecule has 0 aliphatic rings. The van der Waals surface area contributed by atoms with E-state index in [2.05, 4.69) is 5.32 Å². The van der Waals surface area contributed by atoms with E-state index in [0.717, 1.165) is 28.9 Å². The van der Waals surface area contributed by atoms with Crippen LogP contribution in [0, 0.1) is 0 Å². The maximum Gasteiger partial charge on any atom is 0.345 e. The Morgan fingerprint density at radius 3 is 2.57 bits per heavy atom. The van der Waals surface area contributed by atoms with E-state index >= 15 is 0 Å². The first-order valence-corrected chi connectivity index (χ1v) is 7.63. The molecule has 0 spiro atoms. The maximum atomic E-state index is 12.1. The summed E-state index contributed by atoms with van der Waals surface area (Å²) in [6.45, 7) is 2.02. The molecule has 1 aromatic heterocycles. The summed E-state index contributed by atoms with van der Waals surface area (Å²) in [6, 6.07) is 11.3. The summed E-state index contributed by atoms with van der Waals surface area (Å²) in [5.74, 6) is -1.05. The van der Waals surface area contributed by atoms with Crippen molar-refractivity contribution < 1.29 is 14.7 Å². The molecular weight excluding hydrogens is 286 g/mol. The molecule has 0 saturated carbocycles. The molecule has 1 unspecified atom stereocenters. The highest BCUT2D eigenvalue weighted by molar-refractivity contribution is 7.12. The van der Waals surface area contributed by atoms with Crippen LogP contribution < -0.4 is 5.32 Å². The third-order valence-corrected chi connectivity index (χ3v) is 4.14. The van der Waals surface area contributed by atoms with Gasteiger partial charge in [-0.2, -0.15) is 0 Å². The van der Waals surface area contributed by atoms with Crippen molar-refractivity contribution in [1.29, 1.82) is 0 Å². The number of benzene rings is 1. The van der Waals surface area contributed by atoms with Crippen LogP contribution >= 0.6 is 11.3 Å². The van der Waals surface area contributed by atoms with Crippen molar-refractivity contribution in [2.45, 2.75) is 25.8 Å². The van der Waals surface area contributed by atoms with E-state index < -0.39 is 5.97 Å². The standard InChI is InChI=1S/C16H17NO3S/c1-2-13(12-6-4-3-5-7-12)17-15(18)9-11-8-14(16(19)20)21-10-11/h3-8,10,13H,2,9H2,1H3,(H,17,18)(H,19,20). The lowest BCUT2D eigenvalue weighted by Crippen LogP contribution is -2.29. The Bertz CT molecular complexity index is 621. The van der Waals surface area contributed by atoms with Crippen LogP contribution in [0.3, 0.4) is 0 Å². The van der Waals surface area contributed by atoms with Gasteiger partial charge in [-0.3, -0.25) is 4.79 Å². The van der Waals surface area contributed by atoms with Crippen molar-refractivity contribution in [3.8, 4) is 0 Å². The summed E-state index contributed by atoms with van der Waals surface area (Å²) in [6.07, 6.45) is 1.01. The monoisotopic (exact) mass is 303 g/mol. The van der Waals surface area contributed by atoms with E-state index in [1.807, 2.05) is 37.3 Å². The van der Waals surface area contributed by atoms with Gasteiger partial charge in [-0.15, -0.1) is 11.3 Å². The summed E-state index contributed by atoms with van der Waals surface area (Å²) in [4.78, 5) is 23.2. The third-order valence-electron chi connectivity index (χ3n) is 3.17. The maximum absolute atomic E-state index is 12.1. The average molecular weight is 303 g/mol. The van der Waals surface area contributed by atoms with Gasteiger partial charge in [0.05, 0.1) is 12.5 Å². The largest absolute Gasteiger partial charge is 0.477 e. The molecule has 0 aliphatic heterocycles. The second-order valence-corrected chi connectivity index (χ2v) is 5.65. The van der Waals surface area contributed by atoms with Gasteiger partial charge >= 0.3 is 5.97 Å². The number of hydrogen-bond donors (Lipinski definition) is 2. The second kappa shape index (κ2) is 7.04. The van der Waals surface area contributed by atoms with Crippen LogP contribution in [0.1, 0.15) is 40.2 Å². The molecule has 110 valence electrons. The number of rotatable bonds is 6. The van der Waals surface area contributed by atoms with E-state index in [0.29, 0.717) is 0 Å². The minimum absolute atomic E-state index is 0.0173. The van der Waals surface area contributed by atoms with Crippen LogP contribution in [0.4, 0.5) is 0 Å². The molecule has 5 heteroatoms. The number of carboxylic acid groups (broad SMARTS) is 1. The van der Waals surface area contributed by atoms with Gasteiger partial charge in [0, 0.05) is 0 Å². The Hall–Kier alpha value is -2.14. The van der Waals surface area contributed by atoms with Gasteiger partial charge in [0.15, 0.2) is 0 Å². The smallest absolute Gasteiger partial charge is 0.345 e. The minimum atomic E-state index is -0.956. The zero-order valence-electron chi connectivity index (χ0n) is 11.7. The van der Waals surface area contributed by atoms with Gasteiger partial charge in [-0.05, 0) is 29.0 Å². The first-order valence-electron chi connectivity index (χ1n) is 6.75. The molecular formula is C16H17NO3S. The number of nitrogens with one attached hydrogen (secondary N) is 1. The molecule has 0 aliphatic carbocycles. The van der Waals surface area contributed by atoms with Crippen LogP contribution in [0.5, 0.6) is 0 Å². The number of hydrogen-bond acceptors (Lipinski definition) is 3. The minimum Gasteiger partial charge on any atom is -0.477 e. The predicted molar refractivity (Wildman–Crippen MR) is 82.6 cm³/mol. The van der Waals surface area contributed by atoms with Gasteiger partial charge in [-0.25, -0.2) is 4.79 Å². The Balaban J connectivity index is 1.98. The van der Waals surface area contributed by atoms with Crippen LogP contribution in [-0.4, -0.2) is 17.0 Å². The third kappa shape index (κ3) is 4.16. The van der Waals surface area contributed by atoms with Crippen molar-refractivity contribution in [3.05, 3.63) is 57.8 Å². The molecule has 0 bridgehead atoms. The Morgan fingerprint density at radius 1 is 1.29 bits per heavy atom. The van der Waals surface area contributed by atoms with Crippen molar-refractivity contribution in [1.82, 2.24) is 5.32 Å². The first-order chi connectivity index (χ1) is 10.1. The first kappa shape index (κ1) is 15.3. The number of amides is 1. The molecule has 0 fully saturated rings. The summed E-state index contributed by atoms with van der Waals surface area (Å²) in [7, 11) is 0. The fraction of sp³-hybridized carbons (Fsp3) is 0.250. The van der Waals surface area contributed by atoms with E-state index in [1.54, 1.807) is 11.4 Å². The summed E-state index contributed by atoms with van der Waals surface area (Å²) >= 11 is 1.14. The molecule has 2 aromatic rings. The molecule has 21 heavy (non-hydrogen) atoms. The quantitative estimate of drug-likeness (QED) is 0.861. The van der Waals surface area contributed by atoms with E-state index in [4.69, 9.17) is 5.11 Å². The molecule has 1 atom stereocenters. The highest BCUT2D eigenvalue weighted by atomic mass is 32.1. The number of aromatic carboxylic acids is 1. The fourth-order valence-electron chi connectivity index (χ4n) is 2.12. The summed E-state index contributed by atoms with van der Waals surface area (Å²) in [5.41, 5.74) is 1.81. The van der Waals surface area contributed by atoms with E-state index in [1.165, 1.54) is 0 Å². The number of thiophene rings is 1. The highest BCUT2D eigenvalue weighted by Gasteiger charge is 2.14. The summed E-state index contributed by atoms with van der Waals surface area (Å²) in [5, 5.41) is 13.6. The van der Waals surface area contributed by atoms with Crippen LogP contribution in [0.2, 0.25) is 0 Å². The van der Waals surface area contributed by atoms with Gasteiger partial charge in [0.1, 0.15) is 4.88 Å². The molecule has 0 saturated heterocycles. The lowest BCUT2D eigenvalue weighted by Gasteiger charge is -2.17. The number of carboxylic acids is 1. The lowest BCUT2D eigenvalue weighted by molar-refractivity contribution is -0.121. The Labute approximate surface area is 127 Å². The Morgan fingerprint density at radius 2 is 2.00 bits per heavy atom. The van der Waals surface area contributed by atoms with Crippen molar-refractivity contribution >= 4 is 23.2 Å². The SMILES string of the molecule is CCC(NC(=O)Cc1csc(C(=O)O)c1)c1ccccc1. The van der Waals surface area contributed by atoms with Crippen LogP contribution in [-0.2, 0) is 11.2 Å². The predicted octanol–water partition coefficient (Wildman–Crippen LogP) is 3.26. The van der Waals surface area contributed by atoms with E-state index in [-0.39, 0.29) is 23.2 Å². The molecule has 1 amide bonds. The molecule has 2 N–H and O–H groups in total. The van der Waals surface area contributed by atoms with Gasteiger partial charge in [0.25, 0.3) is 0 Å². The van der Waals surface area contributed by atoms with Crippen molar-refractivity contribution in [2.75, 3.05) is 0 Å². The Kier molecular flexibility index (Phi) is 5.11. The lowest BCUT2D eigenvalue weighted by atomic mass is 10.0. The molecule has 0 radical (unpaired) electrons. The zero-order chi connectivity index (χ0) is 15.2. The molecule has 1 heterocycles. The van der Waals surface area contributed by atoms with Gasteiger partial charge in [-0.1, -0.05) is 37.3 Å². The highest BCUT2D eigenvalue weighted by Crippen LogP contribution is 2.18. The number of carbonyl (C=O) groups excluding carboxylic acids is 1. The van der Waals surface area contributed by atoms with Gasteiger partial charge in [0.2, 0.25) is 5.91 Å². The second-order valence-electron chi connectivity index (χ2n) is 4.74. The zero-order valence-corrected chi connectivity index (χ0v) is 12.5. The van der Waals surface area contributed by atoms with Crippen molar-refractivity contribution in [3.63, 3.8) is 0 Å². The topological polar surface area (TPSA) is 66.4 Å². The average Bonchev–Trinajstić information content (AvgIpc) is 2.94. The van der Waals surface area contributed by atoms with Crippen molar-refractivity contribution in [2.24, 2.45) is 0 Å².